The van der Waals surface area contributed by atoms with Crippen LogP contribution < -0.4 is 5.32 Å². The van der Waals surface area contributed by atoms with Gasteiger partial charge in [0.05, 0.1) is 12.3 Å². The van der Waals surface area contributed by atoms with Crippen molar-refractivity contribution in [1.29, 1.82) is 0 Å². The third-order valence-electron chi connectivity index (χ3n) is 3.63. The zero-order valence-electron chi connectivity index (χ0n) is 11.8. The SMILES string of the molecule is CCCNC(c1ccoc1C)c1cccc2ccsc12. The molecule has 0 saturated carbocycles. The first-order chi connectivity index (χ1) is 9.81. The lowest BCUT2D eigenvalue weighted by Gasteiger charge is -2.19. The summed E-state index contributed by atoms with van der Waals surface area (Å²) >= 11 is 1.81. The molecule has 0 aliphatic heterocycles. The zero-order valence-corrected chi connectivity index (χ0v) is 12.7. The molecule has 0 aliphatic rings. The normalized spacial score (nSPS) is 12.9. The number of hydrogen-bond acceptors (Lipinski definition) is 3. The lowest BCUT2D eigenvalue weighted by Crippen LogP contribution is -2.23. The molecule has 0 saturated heterocycles. The third-order valence-corrected chi connectivity index (χ3v) is 4.61. The highest BCUT2D eigenvalue weighted by Crippen LogP contribution is 2.33. The first-order valence-corrected chi connectivity index (χ1v) is 7.92. The van der Waals surface area contributed by atoms with Gasteiger partial charge < -0.3 is 9.73 Å². The van der Waals surface area contributed by atoms with E-state index in [9.17, 15) is 0 Å². The molecule has 1 aromatic carbocycles. The summed E-state index contributed by atoms with van der Waals surface area (Å²) in [4.78, 5) is 0. The van der Waals surface area contributed by atoms with Gasteiger partial charge in [0, 0.05) is 10.3 Å². The van der Waals surface area contributed by atoms with E-state index in [0.717, 1.165) is 18.7 Å². The second kappa shape index (κ2) is 5.81. The Hall–Kier alpha value is -1.58. The van der Waals surface area contributed by atoms with Crippen molar-refractivity contribution in [3.05, 3.63) is 58.9 Å². The lowest BCUT2D eigenvalue weighted by atomic mass is 9.98. The van der Waals surface area contributed by atoms with Gasteiger partial charge in [-0.05, 0) is 48.4 Å². The Kier molecular flexibility index (Phi) is 3.90. The summed E-state index contributed by atoms with van der Waals surface area (Å²) in [6, 6.07) is 11.0. The van der Waals surface area contributed by atoms with Crippen molar-refractivity contribution in [2.75, 3.05) is 6.54 Å². The fourth-order valence-electron chi connectivity index (χ4n) is 2.61. The van der Waals surface area contributed by atoms with Crippen LogP contribution in [0.15, 0.2) is 46.4 Å². The molecule has 0 amide bonds. The molecule has 20 heavy (non-hydrogen) atoms. The molecule has 0 fully saturated rings. The van der Waals surface area contributed by atoms with Crippen molar-refractivity contribution in [3.8, 4) is 0 Å². The van der Waals surface area contributed by atoms with Crippen molar-refractivity contribution >= 4 is 21.4 Å². The van der Waals surface area contributed by atoms with Crippen molar-refractivity contribution in [3.63, 3.8) is 0 Å². The van der Waals surface area contributed by atoms with E-state index in [4.69, 9.17) is 4.42 Å². The van der Waals surface area contributed by atoms with Gasteiger partial charge in [-0.25, -0.2) is 0 Å². The number of rotatable bonds is 5. The van der Waals surface area contributed by atoms with Crippen LogP contribution in [-0.4, -0.2) is 6.54 Å². The van der Waals surface area contributed by atoms with Crippen molar-refractivity contribution < 1.29 is 4.42 Å². The minimum atomic E-state index is 0.205. The van der Waals surface area contributed by atoms with E-state index in [1.165, 1.54) is 21.2 Å². The smallest absolute Gasteiger partial charge is 0.105 e. The van der Waals surface area contributed by atoms with Crippen LogP contribution in [-0.2, 0) is 0 Å². The minimum absolute atomic E-state index is 0.205. The third kappa shape index (κ3) is 2.39. The Morgan fingerprint density at radius 1 is 1.20 bits per heavy atom. The van der Waals surface area contributed by atoms with Crippen LogP contribution in [0, 0.1) is 6.92 Å². The van der Waals surface area contributed by atoms with Gasteiger partial charge in [-0.2, -0.15) is 0 Å². The number of aryl methyl sites for hydroxylation is 1. The standard InChI is InChI=1S/C17H19NOS/c1-3-9-18-16(14-7-10-19-12(14)2)15-6-4-5-13-8-11-20-17(13)15/h4-8,10-11,16,18H,3,9H2,1-2H3. The first-order valence-electron chi connectivity index (χ1n) is 7.04. The van der Waals surface area contributed by atoms with E-state index in [0.29, 0.717) is 0 Å². The van der Waals surface area contributed by atoms with E-state index < -0.39 is 0 Å². The first kappa shape index (κ1) is 13.4. The average molecular weight is 285 g/mol. The highest BCUT2D eigenvalue weighted by atomic mass is 32.1. The number of thiophene rings is 1. The summed E-state index contributed by atoms with van der Waals surface area (Å²) in [6.45, 7) is 5.22. The maximum absolute atomic E-state index is 5.50. The van der Waals surface area contributed by atoms with Gasteiger partial charge in [0.1, 0.15) is 5.76 Å². The molecule has 0 radical (unpaired) electrons. The van der Waals surface area contributed by atoms with Crippen LogP contribution in [0.5, 0.6) is 0 Å². The molecular formula is C17H19NOS. The van der Waals surface area contributed by atoms with E-state index in [-0.39, 0.29) is 6.04 Å². The number of nitrogens with one attached hydrogen (secondary N) is 1. The predicted molar refractivity (Wildman–Crippen MR) is 85.4 cm³/mol. The van der Waals surface area contributed by atoms with Crippen LogP contribution in [0.2, 0.25) is 0 Å². The summed E-state index contributed by atoms with van der Waals surface area (Å²) in [6.07, 6.45) is 2.90. The van der Waals surface area contributed by atoms with E-state index >= 15 is 0 Å². The van der Waals surface area contributed by atoms with Gasteiger partial charge in [0.2, 0.25) is 0 Å². The van der Waals surface area contributed by atoms with Gasteiger partial charge in [-0.1, -0.05) is 25.1 Å². The molecule has 1 atom stereocenters. The Bertz CT molecular complexity index is 698. The molecule has 0 spiro atoms. The second-order valence-electron chi connectivity index (χ2n) is 5.01. The molecular weight excluding hydrogens is 266 g/mol. The van der Waals surface area contributed by atoms with Gasteiger partial charge in [-0.15, -0.1) is 11.3 Å². The van der Waals surface area contributed by atoms with E-state index in [2.05, 4.69) is 48.0 Å². The van der Waals surface area contributed by atoms with Gasteiger partial charge in [0.25, 0.3) is 0 Å². The summed E-state index contributed by atoms with van der Waals surface area (Å²) < 4.78 is 6.87. The Balaban J connectivity index is 2.09. The highest BCUT2D eigenvalue weighted by Gasteiger charge is 2.19. The van der Waals surface area contributed by atoms with Crippen molar-refractivity contribution in [2.24, 2.45) is 0 Å². The molecule has 3 heteroatoms. The maximum atomic E-state index is 5.50. The Labute approximate surface area is 123 Å². The molecule has 104 valence electrons. The Morgan fingerprint density at radius 3 is 2.85 bits per heavy atom. The van der Waals surface area contributed by atoms with Gasteiger partial charge >= 0.3 is 0 Å². The molecule has 2 heterocycles. The summed E-state index contributed by atoms with van der Waals surface area (Å²) in [5.74, 6) is 0.993. The van der Waals surface area contributed by atoms with Gasteiger partial charge in [0.15, 0.2) is 0 Å². The van der Waals surface area contributed by atoms with Crippen LogP contribution >= 0.6 is 11.3 Å². The largest absolute Gasteiger partial charge is 0.469 e. The minimum Gasteiger partial charge on any atom is -0.469 e. The predicted octanol–water partition coefficient (Wildman–Crippen LogP) is 4.89. The molecule has 1 unspecified atom stereocenters. The van der Waals surface area contributed by atoms with E-state index in [1.54, 1.807) is 6.26 Å². The van der Waals surface area contributed by atoms with Crippen LogP contribution in [0.25, 0.3) is 10.1 Å². The topological polar surface area (TPSA) is 25.2 Å². The fraction of sp³-hybridized carbons (Fsp3) is 0.294. The monoisotopic (exact) mass is 285 g/mol. The molecule has 1 N–H and O–H groups in total. The highest BCUT2D eigenvalue weighted by molar-refractivity contribution is 7.17. The number of hydrogen-bond donors (Lipinski definition) is 1. The number of furan rings is 1. The van der Waals surface area contributed by atoms with Crippen LogP contribution in [0.1, 0.15) is 36.3 Å². The molecule has 0 aliphatic carbocycles. The second-order valence-corrected chi connectivity index (χ2v) is 5.92. The zero-order chi connectivity index (χ0) is 13.9. The summed E-state index contributed by atoms with van der Waals surface area (Å²) in [5, 5.41) is 7.13. The lowest BCUT2D eigenvalue weighted by molar-refractivity contribution is 0.518. The fourth-order valence-corrected chi connectivity index (χ4v) is 3.56. The van der Waals surface area contributed by atoms with Crippen molar-refractivity contribution in [1.82, 2.24) is 5.32 Å². The summed E-state index contributed by atoms with van der Waals surface area (Å²) in [5.41, 5.74) is 2.58. The summed E-state index contributed by atoms with van der Waals surface area (Å²) in [7, 11) is 0. The molecule has 3 aromatic rings. The molecule has 2 nitrogen and oxygen atoms in total. The van der Waals surface area contributed by atoms with Crippen LogP contribution in [0.4, 0.5) is 0 Å². The molecule has 0 bridgehead atoms. The van der Waals surface area contributed by atoms with Crippen molar-refractivity contribution in [2.45, 2.75) is 26.3 Å². The Morgan fingerprint density at radius 2 is 2.10 bits per heavy atom. The quantitative estimate of drug-likeness (QED) is 0.722. The molecule has 3 rings (SSSR count). The number of fused-ring (bicyclic) bond motifs is 1. The average Bonchev–Trinajstić information content (AvgIpc) is 3.09. The maximum Gasteiger partial charge on any atom is 0.105 e. The number of benzene rings is 1. The van der Waals surface area contributed by atoms with Gasteiger partial charge in [-0.3, -0.25) is 0 Å². The molecule has 2 aromatic heterocycles. The van der Waals surface area contributed by atoms with Crippen LogP contribution in [0.3, 0.4) is 0 Å². The van der Waals surface area contributed by atoms with E-state index in [1.807, 2.05) is 18.3 Å².